The molecule has 0 spiro atoms. The molecule has 1 aliphatic heterocycles. The van der Waals surface area contributed by atoms with Crippen molar-refractivity contribution in [1.29, 1.82) is 0 Å². The van der Waals surface area contributed by atoms with E-state index in [9.17, 15) is 4.79 Å². The van der Waals surface area contributed by atoms with E-state index in [1.54, 1.807) is 12.3 Å². The summed E-state index contributed by atoms with van der Waals surface area (Å²) in [6, 6.07) is 10.7. The average molecular weight is 312 g/mol. The second-order valence-electron chi connectivity index (χ2n) is 6.15. The van der Waals surface area contributed by atoms with E-state index in [1.807, 2.05) is 6.92 Å². The van der Waals surface area contributed by atoms with Crippen LogP contribution in [0.2, 0.25) is 0 Å². The lowest BCUT2D eigenvalue weighted by atomic mass is 10.0. The highest BCUT2D eigenvalue weighted by Gasteiger charge is 2.22. The summed E-state index contributed by atoms with van der Waals surface area (Å²) in [5, 5.41) is 3.13. The minimum atomic E-state index is -0.0253. The Labute approximate surface area is 137 Å². The van der Waals surface area contributed by atoms with E-state index >= 15 is 0 Å². The normalized spacial score (nSPS) is 15.7. The van der Waals surface area contributed by atoms with E-state index in [1.165, 1.54) is 11.3 Å². The van der Waals surface area contributed by atoms with Gasteiger partial charge in [0.2, 0.25) is 0 Å². The highest BCUT2D eigenvalue weighted by atomic mass is 16.3. The van der Waals surface area contributed by atoms with Crippen molar-refractivity contribution in [1.82, 2.24) is 5.32 Å². The standard InChI is InChI=1S/C19H24N2O2/c1-3-15-5-4-6-17(13-15)21-10-7-16(8-11-21)20-19(22)18-9-12-23-14(18)2/h4-6,9,12-13,16H,3,7-8,10-11H2,1-2H3,(H,20,22). The maximum Gasteiger partial charge on any atom is 0.255 e. The Morgan fingerprint density at radius 1 is 1.30 bits per heavy atom. The van der Waals surface area contributed by atoms with Gasteiger partial charge < -0.3 is 14.6 Å². The first-order valence-electron chi connectivity index (χ1n) is 8.36. The van der Waals surface area contributed by atoms with Crippen LogP contribution in [0.15, 0.2) is 41.0 Å². The second kappa shape index (κ2) is 6.90. The van der Waals surface area contributed by atoms with Gasteiger partial charge in [0.05, 0.1) is 11.8 Å². The molecule has 1 aromatic carbocycles. The Morgan fingerprint density at radius 3 is 2.74 bits per heavy atom. The molecule has 3 rings (SSSR count). The lowest BCUT2D eigenvalue weighted by Crippen LogP contribution is -2.44. The van der Waals surface area contributed by atoms with E-state index in [0.29, 0.717) is 11.3 Å². The van der Waals surface area contributed by atoms with Crippen LogP contribution < -0.4 is 10.2 Å². The molecule has 1 fully saturated rings. The molecule has 0 bridgehead atoms. The van der Waals surface area contributed by atoms with E-state index in [0.717, 1.165) is 32.4 Å². The van der Waals surface area contributed by atoms with E-state index in [-0.39, 0.29) is 11.9 Å². The number of nitrogens with zero attached hydrogens (tertiary/aromatic N) is 1. The van der Waals surface area contributed by atoms with Crippen LogP contribution in [0.25, 0.3) is 0 Å². The first kappa shape index (κ1) is 15.7. The largest absolute Gasteiger partial charge is 0.469 e. The predicted molar refractivity (Wildman–Crippen MR) is 92.0 cm³/mol. The molecule has 122 valence electrons. The summed E-state index contributed by atoms with van der Waals surface area (Å²) < 4.78 is 5.20. The molecule has 4 heteroatoms. The molecule has 0 unspecified atom stereocenters. The molecule has 0 aliphatic carbocycles. The summed E-state index contributed by atoms with van der Waals surface area (Å²) in [7, 11) is 0. The zero-order chi connectivity index (χ0) is 16.2. The molecule has 1 aliphatic rings. The van der Waals surface area contributed by atoms with Gasteiger partial charge in [-0.25, -0.2) is 0 Å². The number of piperidine rings is 1. The first-order valence-corrected chi connectivity index (χ1v) is 8.36. The number of benzene rings is 1. The van der Waals surface area contributed by atoms with Crippen molar-refractivity contribution < 1.29 is 9.21 Å². The van der Waals surface area contributed by atoms with Crippen LogP contribution in [0.5, 0.6) is 0 Å². The smallest absolute Gasteiger partial charge is 0.255 e. The quantitative estimate of drug-likeness (QED) is 0.939. The molecule has 0 saturated carbocycles. The van der Waals surface area contributed by atoms with Gasteiger partial charge in [-0.1, -0.05) is 19.1 Å². The average Bonchev–Trinajstić information content (AvgIpc) is 3.02. The maximum atomic E-state index is 12.2. The van der Waals surface area contributed by atoms with Gasteiger partial charge in [0.1, 0.15) is 5.76 Å². The molecule has 0 atom stereocenters. The molecule has 0 radical (unpaired) electrons. The maximum absolute atomic E-state index is 12.2. The Bertz CT molecular complexity index is 670. The van der Waals surface area contributed by atoms with Gasteiger partial charge in [-0.05, 0) is 49.9 Å². The van der Waals surface area contributed by atoms with Crippen molar-refractivity contribution in [3.8, 4) is 0 Å². The van der Waals surface area contributed by atoms with Gasteiger partial charge in [0.25, 0.3) is 5.91 Å². The summed E-state index contributed by atoms with van der Waals surface area (Å²) in [6.45, 7) is 5.95. The van der Waals surface area contributed by atoms with Crippen molar-refractivity contribution in [2.24, 2.45) is 0 Å². The van der Waals surface area contributed by atoms with Gasteiger partial charge in [-0.15, -0.1) is 0 Å². The van der Waals surface area contributed by atoms with Crippen molar-refractivity contribution in [3.63, 3.8) is 0 Å². The number of amides is 1. The molecule has 2 aromatic rings. The van der Waals surface area contributed by atoms with Crippen LogP contribution in [0.3, 0.4) is 0 Å². The second-order valence-corrected chi connectivity index (χ2v) is 6.15. The number of rotatable bonds is 4. The van der Waals surface area contributed by atoms with Crippen LogP contribution in [0.4, 0.5) is 5.69 Å². The van der Waals surface area contributed by atoms with Gasteiger partial charge in [0.15, 0.2) is 0 Å². The lowest BCUT2D eigenvalue weighted by Gasteiger charge is -2.34. The fourth-order valence-electron chi connectivity index (χ4n) is 3.14. The van der Waals surface area contributed by atoms with Crippen molar-refractivity contribution in [2.45, 2.75) is 39.2 Å². The van der Waals surface area contributed by atoms with Crippen molar-refractivity contribution >= 4 is 11.6 Å². The number of carbonyl (C=O) groups excluding carboxylic acids is 1. The fourth-order valence-corrected chi connectivity index (χ4v) is 3.14. The predicted octanol–water partition coefficient (Wildman–Crippen LogP) is 3.55. The number of furan rings is 1. The minimum Gasteiger partial charge on any atom is -0.469 e. The number of carbonyl (C=O) groups is 1. The third-order valence-electron chi connectivity index (χ3n) is 4.62. The van der Waals surface area contributed by atoms with Crippen LogP contribution in [-0.4, -0.2) is 25.0 Å². The van der Waals surface area contributed by atoms with Crippen LogP contribution in [0.1, 0.15) is 41.4 Å². The van der Waals surface area contributed by atoms with E-state index in [2.05, 4.69) is 41.4 Å². The summed E-state index contributed by atoms with van der Waals surface area (Å²) in [5.74, 6) is 0.652. The molecule has 1 aromatic heterocycles. The third kappa shape index (κ3) is 3.58. The minimum absolute atomic E-state index is 0.0253. The molecule has 23 heavy (non-hydrogen) atoms. The SMILES string of the molecule is CCc1cccc(N2CCC(NC(=O)c3ccoc3C)CC2)c1. The van der Waals surface area contributed by atoms with Gasteiger partial charge in [-0.2, -0.15) is 0 Å². The van der Waals surface area contributed by atoms with E-state index in [4.69, 9.17) is 4.42 Å². The highest BCUT2D eigenvalue weighted by molar-refractivity contribution is 5.95. The number of nitrogens with one attached hydrogen (secondary N) is 1. The van der Waals surface area contributed by atoms with Crippen molar-refractivity contribution in [2.75, 3.05) is 18.0 Å². The first-order chi connectivity index (χ1) is 11.2. The Kier molecular flexibility index (Phi) is 4.70. The molecule has 4 nitrogen and oxygen atoms in total. The van der Waals surface area contributed by atoms with Gasteiger partial charge in [0, 0.05) is 24.8 Å². The number of hydrogen-bond acceptors (Lipinski definition) is 3. The summed E-state index contributed by atoms with van der Waals surface area (Å²) >= 11 is 0. The van der Waals surface area contributed by atoms with E-state index < -0.39 is 0 Å². The number of hydrogen-bond donors (Lipinski definition) is 1. The number of aryl methyl sites for hydroxylation is 2. The lowest BCUT2D eigenvalue weighted by molar-refractivity contribution is 0.0929. The van der Waals surface area contributed by atoms with Crippen molar-refractivity contribution in [3.05, 3.63) is 53.5 Å². The molecule has 1 saturated heterocycles. The Balaban J connectivity index is 1.56. The number of anilines is 1. The molecular weight excluding hydrogens is 288 g/mol. The summed E-state index contributed by atoms with van der Waals surface area (Å²) in [6.07, 6.45) is 4.57. The molecule has 1 N–H and O–H groups in total. The van der Waals surface area contributed by atoms with Gasteiger partial charge in [-0.3, -0.25) is 4.79 Å². The monoisotopic (exact) mass is 312 g/mol. The van der Waals surface area contributed by atoms with Crippen LogP contribution >= 0.6 is 0 Å². The molecule has 2 heterocycles. The molecule has 1 amide bonds. The zero-order valence-corrected chi connectivity index (χ0v) is 13.8. The zero-order valence-electron chi connectivity index (χ0n) is 13.8. The van der Waals surface area contributed by atoms with Gasteiger partial charge >= 0.3 is 0 Å². The summed E-state index contributed by atoms with van der Waals surface area (Å²) in [4.78, 5) is 14.7. The molecular formula is C19H24N2O2. The fraction of sp³-hybridized carbons (Fsp3) is 0.421. The van der Waals surface area contributed by atoms with Crippen LogP contribution in [0, 0.1) is 6.92 Å². The Hall–Kier alpha value is -2.23. The third-order valence-corrected chi connectivity index (χ3v) is 4.62. The van der Waals surface area contributed by atoms with Crippen LogP contribution in [-0.2, 0) is 6.42 Å². The highest BCUT2D eigenvalue weighted by Crippen LogP contribution is 2.22. The Morgan fingerprint density at radius 2 is 2.09 bits per heavy atom. The topological polar surface area (TPSA) is 45.5 Å². The summed E-state index contributed by atoms with van der Waals surface area (Å²) in [5.41, 5.74) is 3.30.